The first-order valence-electron chi connectivity index (χ1n) is 8.58. The molecule has 2 atom stereocenters. The van der Waals surface area contributed by atoms with Gasteiger partial charge in [-0.1, -0.05) is 11.6 Å². The second-order valence-electron chi connectivity index (χ2n) is 6.09. The number of halogens is 2. The molecule has 10 heteroatoms. The Hall–Kier alpha value is -1.17. The summed E-state index contributed by atoms with van der Waals surface area (Å²) in [6.07, 6.45) is 5.01. The number of hydrogen-bond acceptors (Lipinski definition) is 6. The van der Waals surface area contributed by atoms with Gasteiger partial charge in [-0.25, -0.2) is 9.97 Å². The van der Waals surface area contributed by atoms with E-state index < -0.39 is 6.10 Å². The van der Waals surface area contributed by atoms with Crippen LogP contribution < -0.4 is 15.5 Å². The van der Waals surface area contributed by atoms with Crippen molar-refractivity contribution in [3.63, 3.8) is 0 Å². The first kappa shape index (κ1) is 22.1. The van der Waals surface area contributed by atoms with Crippen LogP contribution in [0, 0.1) is 0 Å². The zero-order valence-corrected chi connectivity index (χ0v) is 18.9. The number of piperidine rings is 1. The van der Waals surface area contributed by atoms with Crippen molar-refractivity contribution in [2.24, 2.45) is 4.99 Å². The summed E-state index contributed by atoms with van der Waals surface area (Å²) in [7, 11) is 1.73. The Morgan fingerprint density at radius 3 is 2.89 bits per heavy atom. The Kier molecular flexibility index (Phi) is 9.00. The fraction of sp³-hybridized carbons (Fsp3) is 0.471. The molecule has 1 saturated heterocycles. The van der Waals surface area contributed by atoms with Gasteiger partial charge in [0, 0.05) is 50.0 Å². The van der Waals surface area contributed by atoms with Gasteiger partial charge in [0.1, 0.15) is 6.10 Å². The molecule has 3 heterocycles. The van der Waals surface area contributed by atoms with Gasteiger partial charge < -0.3 is 20.6 Å². The zero-order chi connectivity index (χ0) is 18.4. The first-order chi connectivity index (χ1) is 12.7. The summed E-state index contributed by atoms with van der Waals surface area (Å²) in [5, 5.41) is 16.9. The number of guanidine groups is 1. The Bertz CT molecular complexity index is 731. The Morgan fingerprint density at radius 2 is 2.22 bits per heavy atom. The third kappa shape index (κ3) is 6.44. The molecular formula is C17H24ClIN6OS. The van der Waals surface area contributed by atoms with Crippen LogP contribution in [0.25, 0.3) is 0 Å². The molecule has 1 aliphatic heterocycles. The number of thiophene rings is 1. The average Bonchev–Trinajstić information content (AvgIpc) is 3.12. The first-order valence-corrected chi connectivity index (χ1v) is 9.77. The quantitative estimate of drug-likeness (QED) is 0.318. The van der Waals surface area contributed by atoms with E-state index in [1.54, 1.807) is 25.5 Å². The maximum atomic E-state index is 10.3. The van der Waals surface area contributed by atoms with Crippen molar-refractivity contribution in [3.8, 4) is 0 Å². The highest BCUT2D eigenvalue weighted by Gasteiger charge is 2.22. The normalized spacial score (nSPS) is 18.6. The molecule has 3 rings (SSSR count). The van der Waals surface area contributed by atoms with Crippen LogP contribution in [-0.4, -0.2) is 53.8 Å². The van der Waals surface area contributed by atoms with Crippen LogP contribution in [0.15, 0.2) is 35.6 Å². The molecular weight excluding hydrogens is 499 g/mol. The van der Waals surface area contributed by atoms with Crippen molar-refractivity contribution in [1.82, 2.24) is 20.6 Å². The van der Waals surface area contributed by atoms with E-state index in [2.05, 4.69) is 30.5 Å². The van der Waals surface area contributed by atoms with Crippen molar-refractivity contribution < 1.29 is 5.11 Å². The summed E-state index contributed by atoms with van der Waals surface area (Å²) in [4.78, 5) is 15.9. The molecule has 0 bridgehead atoms. The monoisotopic (exact) mass is 522 g/mol. The lowest BCUT2D eigenvalue weighted by Crippen LogP contribution is -2.52. The molecule has 0 amide bonds. The molecule has 0 aliphatic carbocycles. The van der Waals surface area contributed by atoms with Gasteiger partial charge in [-0.2, -0.15) is 0 Å². The number of rotatable bonds is 5. The number of aliphatic hydroxyl groups is 1. The smallest absolute Gasteiger partial charge is 0.225 e. The van der Waals surface area contributed by atoms with Crippen molar-refractivity contribution in [3.05, 3.63) is 39.8 Å². The fourth-order valence-electron chi connectivity index (χ4n) is 2.92. The highest BCUT2D eigenvalue weighted by Crippen LogP contribution is 2.26. The van der Waals surface area contributed by atoms with Gasteiger partial charge in [-0.05, 0) is 31.0 Å². The minimum atomic E-state index is -0.619. The molecule has 2 aromatic rings. The lowest BCUT2D eigenvalue weighted by molar-refractivity contribution is 0.184. The maximum absolute atomic E-state index is 10.3. The van der Waals surface area contributed by atoms with Gasteiger partial charge in [0.05, 0.1) is 4.34 Å². The van der Waals surface area contributed by atoms with Crippen molar-refractivity contribution >= 4 is 58.8 Å². The van der Waals surface area contributed by atoms with Crippen LogP contribution in [0.2, 0.25) is 4.34 Å². The van der Waals surface area contributed by atoms with Gasteiger partial charge >= 0.3 is 0 Å². The van der Waals surface area contributed by atoms with E-state index in [4.69, 9.17) is 11.6 Å². The van der Waals surface area contributed by atoms with Gasteiger partial charge in [-0.15, -0.1) is 35.3 Å². The molecule has 0 radical (unpaired) electrons. The lowest BCUT2D eigenvalue weighted by atomic mass is 10.1. The molecule has 7 nitrogen and oxygen atoms in total. The molecule has 148 valence electrons. The van der Waals surface area contributed by atoms with Crippen molar-refractivity contribution in [1.29, 1.82) is 0 Å². The van der Waals surface area contributed by atoms with Crippen molar-refractivity contribution in [2.75, 3.05) is 31.6 Å². The number of anilines is 1. The van der Waals surface area contributed by atoms with Gasteiger partial charge in [0.25, 0.3) is 0 Å². The highest BCUT2D eigenvalue weighted by molar-refractivity contribution is 14.0. The number of nitrogens with one attached hydrogen (secondary N) is 2. The minimum absolute atomic E-state index is 0. The van der Waals surface area contributed by atoms with Gasteiger partial charge in [0.2, 0.25) is 5.95 Å². The molecule has 1 fully saturated rings. The third-order valence-corrected chi connectivity index (χ3v) is 5.54. The van der Waals surface area contributed by atoms with E-state index in [9.17, 15) is 5.11 Å². The van der Waals surface area contributed by atoms with E-state index in [1.165, 1.54) is 11.3 Å². The molecule has 3 N–H and O–H groups in total. The zero-order valence-electron chi connectivity index (χ0n) is 15.0. The predicted molar refractivity (Wildman–Crippen MR) is 121 cm³/mol. The topological polar surface area (TPSA) is 85.7 Å². The minimum Gasteiger partial charge on any atom is -0.386 e. The van der Waals surface area contributed by atoms with E-state index >= 15 is 0 Å². The number of aliphatic hydroxyl groups excluding tert-OH is 1. The van der Waals surface area contributed by atoms with Crippen LogP contribution in [0.5, 0.6) is 0 Å². The molecule has 27 heavy (non-hydrogen) atoms. The summed E-state index contributed by atoms with van der Waals surface area (Å²) in [6, 6.07) is 5.70. The number of hydrogen-bond donors (Lipinski definition) is 3. The van der Waals surface area contributed by atoms with Crippen LogP contribution in [-0.2, 0) is 0 Å². The summed E-state index contributed by atoms with van der Waals surface area (Å²) in [5.41, 5.74) is 0. The molecule has 1 aliphatic rings. The van der Waals surface area contributed by atoms with E-state index in [0.717, 1.165) is 36.8 Å². The SMILES string of the molecule is CN=C(NCC(O)c1ccc(Cl)s1)NC1CCCN(c2ncccn2)C1.I. The largest absolute Gasteiger partial charge is 0.386 e. The molecule has 0 saturated carbocycles. The standard InChI is InChI=1S/C17H23ClN6OS.HI/c1-19-16(22-10-13(25)14-5-6-15(18)26-14)23-12-4-2-9-24(11-12)17-20-7-3-8-21-17;/h3,5-8,12-13,25H,2,4,9-11H2,1H3,(H2,19,22,23);1H. The number of aliphatic imine (C=N–C) groups is 1. The van der Waals surface area contributed by atoms with Crippen LogP contribution in [0.1, 0.15) is 23.8 Å². The number of nitrogens with zero attached hydrogens (tertiary/aromatic N) is 4. The molecule has 2 aromatic heterocycles. The summed E-state index contributed by atoms with van der Waals surface area (Å²) < 4.78 is 0.673. The van der Waals surface area contributed by atoms with Gasteiger partial charge in [0.15, 0.2) is 5.96 Å². The van der Waals surface area contributed by atoms with Crippen LogP contribution in [0.4, 0.5) is 5.95 Å². The Balaban J connectivity index is 0.00000261. The summed E-state index contributed by atoms with van der Waals surface area (Å²) in [6.45, 7) is 2.13. The maximum Gasteiger partial charge on any atom is 0.225 e. The van der Waals surface area contributed by atoms with E-state index in [1.807, 2.05) is 12.1 Å². The second-order valence-corrected chi connectivity index (χ2v) is 7.84. The average molecular weight is 523 g/mol. The lowest BCUT2D eigenvalue weighted by Gasteiger charge is -2.33. The highest BCUT2D eigenvalue weighted by atomic mass is 127. The third-order valence-electron chi connectivity index (χ3n) is 4.21. The molecule has 0 aromatic carbocycles. The fourth-order valence-corrected chi connectivity index (χ4v) is 3.97. The summed E-state index contributed by atoms with van der Waals surface area (Å²) in [5.74, 6) is 1.43. The van der Waals surface area contributed by atoms with Gasteiger partial charge in [-0.3, -0.25) is 4.99 Å². The van der Waals surface area contributed by atoms with Crippen LogP contribution >= 0.6 is 46.9 Å². The molecule has 2 unspecified atom stereocenters. The second kappa shape index (κ2) is 11.0. The molecule has 0 spiro atoms. The predicted octanol–water partition coefficient (Wildman–Crippen LogP) is 2.68. The Morgan fingerprint density at radius 1 is 1.44 bits per heavy atom. The Labute approximate surface area is 185 Å². The number of aromatic nitrogens is 2. The van der Waals surface area contributed by atoms with Crippen LogP contribution in [0.3, 0.4) is 0 Å². The van der Waals surface area contributed by atoms with E-state index in [0.29, 0.717) is 16.8 Å². The summed E-state index contributed by atoms with van der Waals surface area (Å²) >= 11 is 7.31. The van der Waals surface area contributed by atoms with E-state index in [-0.39, 0.29) is 30.0 Å². The van der Waals surface area contributed by atoms with Crippen molar-refractivity contribution in [2.45, 2.75) is 25.0 Å².